The molecular formula is C14H27N3O2. The summed E-state index contributed by atoms with van der Waals surface area (Å²) in [4.78, 5) is 4.43. The van der Waals surface area contributed by atoms with Gasteiger partial charge in [-0.1, -0.05) is 19.0 Å². The molecule has 0 amide bonds. The Balaban J connectivity index is 2.61. The summed E-state index contributed by atoms with van der Waals surface area (Å²) in [7, 11) is 0. The Morgan fingerprint density at radius 1 is 1.21 bits per heavy atom. The molecule has 0 saturated heterocycles. The number of nitrogens with two attached hydrogens (primary N) is 1. The van der Waals surface area contributed by atoms with E-state index in [1.54, 1.807) is 0 Å². The van der Waals surface area contributed by atoms with Gasteiger partial charge in [0.15, 0.2) is 0 Å². The first-order valence-corrected chi connectivity index (χ1v) is 6.98. The van der Waals surface area contributed by atoms with Gasteiger partial charge < -0.3 is 15.0 Å². The quantitative estimate of drug-likeness (QED) is 0.785. The maximum absolute atomic E-state index is 5.61. The highest BCUT2D eigenvalue weighted by Gasteiger charge is 2.27. The van der Waals surface area contributed by atoms with Crippen molar-refractivity contribution in [1.29, 1.82) is 0 Å². The van der Waals surface area contributed by atoms with E-state index in [4.69, 9.17) is 15.0 Å². The maximum atomic E-state index is 5.61. The van der Waals surface area contributed by atoms with Gasteiger partial charge in [0, 0.05) is 13.0 Å². The summed E-state index contributed by atoms with van der Waals surface area (Å²) >= 11 is 0. The molecule has 0 saturated carbocycles. The first kappa shape index (κ1) is 16.1. The summed E-state index contributed by atoms with van der Waals surface area (Å²) in [5, 5.41) is 4.02. The second-order valence-corrected chi connectivity index (χ2v) is 6.16. The molecule has 0 atom stereocenters. The summed E-state index contributed by atoms with van der Waals surface area (Å²) < 4.78 is 10.9. The first-order valence-electron chi connectivity index (χ1n) is 6.98. The van der Waals surface area contributed by atoms with Crippen molar-refractivity contribution in [2.45, 2.75) is 59.5 Å². The number of nitrogens with zero attached hydrogens (tertiary/aromatic N) is 2. The molecule has 1 aromatic rings. The summed E-state index contributed by atoms with van der Waals surface area (Å²) in [6.07, 6.45) is 2.77. The van der Waals surface area contributed by atoms with Gasteiger partial charge in [-0.3, -0.25) is 0 Å². The van der Waals surface area contributed by atoms with Crippen molar-refractivity contribution >= 4 is 0 Å². The lowest BCUT2D eigenvalue weighted by Crippen LogP contribution is -2.23. The van der Waals surface area contributed by atoms with Gasteiger partial charge in [0.05, 0.1) is 0 Å². The van der Waals surface area contributed by atoms with Crippen LogP contribution in [-0.4, -0.2) is 23.3 Å². The normalized spacial score (nSPS) is 12.9. The van der Waals surface area contributed by atoms with Crippen molar-refractivity contribution < 1.29 is 9.26 Å². The van der Waals surface area contributed by atoms with Crippen molar-refractivity contribution in [1.82, 2.24) is 10.1 Å². The lowest BCUT2D eigenvalue weighted by atomic mass is 9.84. The van der Waals surface area contributed by atoms with E-state index in [1.165, 1.54) is 0 Å². The topological polar surface area (TPSA) is 74.2 Å². The molecule has 110 valence electrons. The smallest absolute Gasteiger partial charge is 0.226 e. The number of hydrogen-bond donors (Lipinski definition) is 1. The molecule has 0 unspecified atom stereocenters. The molecular weight excluding hydrogens is 242 g/mol. The Morgan fingerprint density at radius 3 is 2.47 bits per heavy atom. The molecule has 0 aromatic carbocycles. The molecule has 1 heterocycles. The number of aromatic nitrogens is 2. The minimum atomic E-state index is -0.497. The zero-order valence-electron chi connectivity index (χ0n) is 12.8. The largest absolute Gasteiger partial charge is 0.368 e. The van der Waals surface area contributed by atoms with Gasteiger partial charge in [-0.15, -0.1) is 0 Å². The van der Waals surface area contributed by atoms with Crippen LogP contribution in [0.25, 0.3) is 0 Å². The average molecular weight is 269 g/mol. The lowest BCUT2D eigenvalue weighted by Gasteiger charge is -2.22. The zero-order valence-corrected chi connectivity index (χ0v) is 12.8. The number of ether oxygens (including phenoxy) is 1. The van der Waals surface area contributed by atoms with Crippen LogP contribution >= 0.6 is 0 Å². The third-order valence-electron chi connectivity index (χ3n) is 3.35. The van der Waals surface area contributed by atoms with Crippen LogP contribution in [0.1, 0.15) is 59.2 Å². The van der Waals surface area contributed by atoms with Crippen molar-refractivity contribution in [3.8, 4) is 0 Å². The Kier molecular flexibility index (Phi) is 5.50. The zero-order chi connectivity index (χ0) is 14.5. The third kappa shape index (κ3) is 4.91. The molecule has 1 aromatic heterocycles. The molecule has 2 N–H and O–H groups in total. The number of aryl methyl sites for hydroxylation is 1. The lowest BCUT2D eigenvalue weighted by molar-refractivity contribution is -0.0221. The maximum Gasteiger partial charge on any atom is 0.226 e. The third-order valence-corrected chi connectivity index (χ3v) is 3.35. The van der Waals surface area contributed by atoms with Crippen LogP contribution in [0.3, 0.4) is 0 Å². The van der Waals surface area contributed by atoms with Crippen LogP contribution in [0.15, 0.2) is 4.52 Å². The molecule has 19 heavy (non-hydrogen) atoms. The highest BCUT2D eigenvalue weighted by atomic mass is 16.5. The summed E-state index contributed by atoms with van der Waals surface area (Å²) in [5.41, 5.74) is 5.32. The van der Waals surface area contributed by atoms with Gasteiger partial charge in [0.25, 0.3) is 0 Å². The molecule has 0 radical (unpaired) electrons. The minimum Gasteiger partial charge on any atom is -0.368 e. The van der Waals surface area contributed by atoms with Crippen molar-refractivity contribution in [3.05, 3.63) is 11.7 Å². The molecule has 0 aliphatic carbocycles. The number of rotatable bonds is 8. The molecule has 0 bridgehead atoms. The van der Waals surface area contributed by atoms with Gasteiger partial charge in [-0.2, -0.15) is 4.98 Å². The van der Waals surface area contributed by atoms with E-state index >= 15 is 0 Å². The van der Waals surface area contributed by atoms with E-state index in [-0.39, 0.29) is 5.41 Å². The van der Waals surface area contributed by atoms with Gasteiger partial charge >= 0.3 is 0 Å². The fourth-order valence-electron chi connectivity index (χ4n) is 1.99. The Hall–Kier alpha value is -0.940. The van der Waals surface area contributed by atoms with Crippen LogP contribution in [-0.2, 0) is 16.8 Å². The minimum absolute atomic E-state index is 0.207. The van der Waals surface area contributed by atoms with Crippen LogP contribution in [0.5, 0.6) is 0 Å². The van der Waals surface area contributed by atoms with E-state index in [2.05, 4.69) is 24.0 Å². The van der Waals surface area contributed by atoms with Crippen LogP contribution in [0.2, 0.25) is 0 Å². The van der Waals surface area contributed by atoms with E-state index in [9.17, 15) is 0 Å². The van der Waals surface area contributed by atoms with Gasteiger partial charge in [0.2, 0.25) is 11.7 Å². The Morgan fingerprint density at radius 2 is 1.89 bits per heavy atom. The number of hydrogen-bond acceptors (Lipinski definition) is 5. The molecule has 5 nitrogen and oxygen atoms in total. The van der Waals surface area contributed by atoms with Crippen molar-refractivity contribution in [3.63, 3.8) is 0 Å². The first-order chi connectivity index (χ1) is 8.80. The van der Waals surface area contributed by atoms with Gasteiger partial charge in [0.1, 0.15) is 5.60 Å². The standard InChI is InChI=1S/C14H27N3O2/c1-6-18-14(4,5)12-16-11(19-17-12)7-8-13(2,3)9-10-15/h6-10,15H2,1-5H3. The second-order valence-electron chi connectivity index (χ2n) is 6.16. The summed E-state index contributed by atoms with van der Waals surface area (Å²) in [5.74, 6) is 1.29. The molecule has 1 rings (SSSR count). The highest BCUT2D eigenvalue weighted by molar-refractivity contribution is 4.97. The fraction of sp³-hybridized carbons (Fsp3) is 0.857. The van der Waals surface area contributed by atoms with E-state index < -0.39 is 5.60 Å². The van der Waals surface area contributed by atoms with Gasteiger partial charge in [-0.25, -0.2) is 0 Å². The van der Waals surface area contributed by atoms with Crippen LogP contribution < -0.4 is 5.73 Å². The molecule has 0 aliphatic heterocycles. The van der Waals surface area contributed by atoms with Crippen LogP contribution in [0, 0.1) is 5.41 Å². The predicted octanol–water partition coefficient (Wildman–Crippen LogP) is 2.65. The second kappa shape index (κ2) is 6.48. The summed E-state index contributed by atoms with van der Waals surface area (Å²) in [6.45, 7) is 11.6. The van der Waals surface area contributed by atoms with Crippen molar-refractivity contribution in [2.75, 3.05) is 13.2 Å². The molecule has 0 spiro atoms. The molecule has 0 fully saturated rings. The summed E-state index contributed by atoms with van der Waals surface area (Å²) in [6, 6.07) is 0. The average Bonchev–Trinajstić information content (AvgIpc) is 2.75. The fourth-order valence-corrected chi connectivity index (χ4v) is 1.99. The van der Waals surface area contributed by atoms with Gasteiger partial charge in [-0.05, 0) is 45.6 Å². The predicted molar refractivity (Wildman–Crippen MR) is 74.7 cm³/mol. The SMILES string of the molecule is CCOC(C)(C)c1noc(CCC(C)(C)CCN)n1. The molecule has 0 aliphatic rings. The Labute approximate surface area is 115 Å². The monoisotopic (exact) mass is 269 g/mol. The van der Waals surface area contributed by atoms with Crippen molar-refractivity contribution in [2.24, 2.45) is 11.1 Å². The van der Waals surface area contributed by atoms with E-state index in [0.717, 1.165) is 19.3 Å². The molecule has 5 heteroatoms. The van der Waals surface area contributed by atoms with E-state index in [0.29, 0.717) is 24.9 Å². The highest BCUT2D eigenvalue weighted by Crippen LogP contribution is 2.27. The van der Waals surface area contributed by atoms with E-state index in [1.807, 2.05) is 20.8 Å². The van der Waals surface area contributed by atoms with Crippen LogP contribution in [0.4, 0.5) is 0 Å². The Bertz CT molecular complexity index is 386.